The largest absolute Gasteiger partial charge is 0.370 e. The van der Waals surface area contributed by atoms with Gasteiger partial charge in [-0.15, -0.1) is 0 Å². The number of methoxy groups -OCH3 is 1. The molecule has 0 radical (unpaired) electrons. The molecule has 1 aromatic heterocycles. The smallest absolute Gasteiger partial charge is 0.213 e. The van der Waals surface area contributed by atoms with Gasteiger partial charge in [-0.3, -0.25) is 9.48 Å². The van der Waals surface area contributed by atoms with Crippen molar-refractivity contribution < 1.29 is 9.53 Å². The number of hydrogen-bond acceptors (Lipinski definition) is 3. The van der Waals surface area contributed by atoms with E-state index in [2.05, 4.69) is 21.0 Å². The molecular formula is C11H17BrN2O2. The van der Waals surface area contributed by atoms with E-state index in [1.807, 2.05) is 13.8 Å². The van der Waals surface area contributed by atoms with Gasteiger partial charge in [0.15, 0.2) is 0 Å². The second-order valence-corrected chi connectivity index (χ2v) is 4.63. The predicted molar refractivity (Wildman–Crippen MR) is 65.6 cm³/mol. The number of rotatable bonds is 5. The number of Topliss-reactive ketones (excluding diaryl/α,β-unsaturated/α-hetero) is 1. The SMILES string of the molecule is CCn1ncc(Br)c1C(=O)C(C)(CC)OC. The minimum Gasteiger partial charge on any atom is -0.370 e. The Bertz CT molecular complexity index is 383. The van der Waals surface area contributed by atoms with Crippen molar-refractivity contribution in [3.8, 4) is 0 Å². The molecule has 0 N–H and O–H groups in total. The minimum absolute atomic E-state index is 0.0382. The van der Waals surface area contributed by atoms with Gasteiger partial charge < -0.3 is 4.74 Å². The number of carbonyl (C=O) groups is 1. The summed E-state index contributed by atoms with van der Waals surface area (Å²) in [6.45, 7) is 6.35. The van der Waals surface area contributed by atoms with Gasteiger partial charge in [-0.2, -0.15) is 5.10 Å². The second kappa shape index (κ2) is 5.10. The molecule has 16 heavy (non-hydrogen) atoms. The summed E-state index contributed by atoms with van der Waals surface area (Å²) in [5.74, 6) is -0.0382. The third-order valence-corrected chi connectivity index (χ3v) is 3.50. The fourth-order valence-electron chi connectivity index (χ4n) is 1.48. The highest BCUT2D eigenvalue weighted by molar-refractivity contribution is 9.10. The number of hydrogen-bond donors (Lipinski definition) is 0. The zero-order valence-electron chi connectivity index (χ0n) is 10.1. The molecule has 1 unspecified atom stereocenters. The number of carbonyl (C=O) groups excluding carboxylic acids is 1. The summed E-state index contributed by atoms with van der Waals surface area (Å²) >= 11 is 3.35. The van der Waals surface area contributed by atoms with E-state index in [0.717, 1.165) is 4.47 Å². The van der Waals surface area contributed by atoms with Crippen LogP contribution < -0.4 is 0 Å². The Kier molecular flexibility index (Phi) is 4.27. The molecule has 0 aliphatic heterocycles. The third-order valence-electron chi connectivity index (χ3n) is 2.91. The fraction of sp³-hybridized carbons (Fsp3) is 0.636. The van der Waals surface area contributed by atoms with Gasteiger partial charge in [0.1, 0.15) is 11.3 Å². The third kappa shape index (κ3) is 2.20. The first-order chi connectivity index (χ1) is 7.50. The number of halogens is 1. The fourth-order valence-corrected chi connectivity index (χ4v) is 1.95. The lowest BCUT2D eigenvalue weighted by atomic mass is 9.95. The molecule has 0 saturated carbocycles. The first kappa shape index (κ1) is 13.4. The molecule has 0 aromatic carbocycles. The first-order valence-corrected chi connectivity index (χ1v) is 6.10. The molecule has 0 aliphatic carbocycles. The van der Waals surface area contributed by atoms with E-state index in [1.54, 1.807) is 24.9 Å². The van der Waals surface area contributed by atoms with Crippen LogP contribution in [0.25, 0.3) is 0 Å². The van der Waals surface area contributed by atoms with E-state index in [0.29, 0.717) is 18.7 Å². The lowest BCUT2D eigenvalue weighted by Crippen LogP contribution is -2.38. The molecule has 0 aliphatic rings. The lowest BCUT2D eigenvalue weighted by Gasteiger charge is -2.25. The Hall–Kier alpha value is -0.680. The summed E-state index contributed by atoms with van der Waals surface area (Å²) in [5.41, 5.74) is -0.205. The van der Waals surface area contributed by atoms with Crippen molar-refractivity contribution in [3.05, 3.63) is 16.4 Å². The zero-order valence-corrected chi connectivity index (χ0v) is 11.7. The minimum atomic E-state index is -0.782. The number of aryl methyl sites for hydroxylation is 1. The van der Waals surface area contributed by atoms with E-state index < -0.39 is 5.60 Å². The van der Waals surface area contributed by atoms with Crippen molar-refractivity contribution in [2.75, 3.05) is 7.11 Å². The van der Waals surface area contributed by atoms with Crippen LogP contribution >= 0.6 is 15.9 Å². The molecule has 1 rings (SSSR count). The molecule has 0 bridgehead atoms. The quantitative estimate of drug-likeness (QED) is 0.783. The van der Waals surface area contributed by atoms with Gasteiger partial charge in [-0.25, -0.2) is 0 Å². The van der Waals surface area contributed by atoms with Gasteiger partial charge in [0, 0.05) is 13.7 Å². The van der Waals surface area contributed by atoms with Crippen molar-refractivity contribution >= 4 is 21.7 Å². The Balaban J connectivity index is 3.18. The number of nitrogens with zero attached hydrogens (tertiary/aromatic N) is 2. The summed E-state index contributed by atoms with van der Waals surface area (Å²) in [6.07, 6.45) is 2.27. The van der Waals surface area contributed by atoms with E-state index in [1.165, 1.54) is 0 Å². The topological polar surface area (TPSA) is 44.1 Å². The maximum absolute atomic E-state index is 12.4. The average Bonchev–Trinajstić information content (AvgIpc) is 2.68. The molecule has 0 spiro atoms. The Labute approximate surface area is 104 Å². The summed E-state index contributed by atoms with van der Waals surface area (Å²) in [4.78, 5) is 12.4. The van der Waals surface area contributed by atoms with Crippen LogP contribution in [0.15, 0.2) is 10.7 Å². The van der Waals surface area contributed by atoms with E-state index in [-0.39, 0.29) is 5.78 Å². The standard InChI is InChI=1S/C11H17BrN2O2/c1-5-11(3,16-4)10(15)9-8(12)7-13-14(9)6-2/h7H,5-6H2,1-4H3. The summed E-state index contributed by atoms with van der Waals surface area (Å²) in [5, 5.41) is 4.13. The van der Waals surface area contributed by atoms with Crippen LogP contribution in [-0.2, 0) is 11.3 Å². The van der Waals surface area contributed by atoms with Crippen LogP contribution in [0.5, 0.6) is 0 Å². The highest BCUT2D eigenvalue weighted by atomic mass is 79.9. The Morgan fingerprint density at radius 3 is 2.69 bits per heavy atom. The van der Waals surface area contributed by atoms with Crippen molar-refractivity contribution in [2.24, 2.45) is 0 Å². The van der Waals surface area contributed by atoms with Crippen LogP contribution in [0.2, 0.25) is 0 Å². The lowest BCUT2D eigenvalue weighted by molar-refractivity contribution is 0.00963. The van der Waals surface area contributed by atoms with Gasteiger partial charge in [-0.05, 0) is 36.2 Å². The second-order valence-electron chi connectivity index (χ2n) is 3.77. The maximum Gasteiger partial charge on any atom is 0.213 e. The molecule has 5 heteroatoms. The maximum atomic E-state index is 12.4. The molecule has 90 valence electrons. The number of ether oxygens (including phenoxy) is 1. The number of aromatic nitrogens is 2. The van der Waals surface area contributed by atoms with Gasteiger partial charge in [0.05, 0.1) is 10.7 Å². The van der Waals surface area contributed by atoms with E-state index >= 15 is 0 Å². The molecular weight excluding hydrogens is 272 g/mol. The van der Waals surface area contributed by atoms with Crippen molar-refractivity contribution in [1.82, 2.24) is 9.78 Å². The Morgan fingerprint density at radius 1 is 1.62 bits per heavy atom. The summed E-state index contributed by atoms with van der Waals surface area (Å²) < 4.78 is 7.71. The highest BCUT2D eigenvalue weighted by Gasteiger charge is 2.35. The van der Waals surface area contributed by atoms with Crippen LogP contribution in [0.4, 0.5) is 0 Å². The molecule has 0 fully saturated rings. The monoisotopic (exact) mass is 288 g/mol. The Morgan fingerprint density at radius 2 is 2.25 bits per heavy atom. The van der Waals surface area contributed by atoms with Crippen LogP contribution in [0, 0.1) is 0 Å². The van der Waals surface area contributed by atoms with Crippen LogP contribution in [-0.4, -0.2) is 28.3 Å². The normalized spacial score (nSPS) is 14.8. The van der Waals surface area contributed by atoms with Gasteiger partial charge in [0.2, 0.25) is 5.78 Å². The average molecular weight is 289 g/mol. The van der Waals surface area contributed by atoms with Crippen LogP contribution in [0.1, 0.15) is 37.7 Å². The molecule has 1 atom stereocenters. The van der Waals surface area contributed by atoms with E-state index in [9.17, 15) is 4.79 Å². The van der Waals surface area contributed by atoms with Crippen molar-refractivity contribution in [2.45, 2.75) is 39.3 Å². The molecule has 1 aromatic rings. The van der Waals surface area contributed by atoms with Gasteiger partial charge >= 0.3 is 0 Å². The molecule has 1 heterocycles. The van der Waals surface area contributed by atoms with Gasteiger partial charge in [-0.1, -0.05) is 6.92 Å². The zero-order chi connectivity index (χ0) is 12.3. The van der Waals surface area contributed by atoms with Crippen molar-refractivity contribution in [1.29, 1.82) is 0 Å². The molecule has 0 amide bonds. The predicted octanol–water partition coefficient (Wildman–Crippen LogP) is 2.66. The van der Waals surface area contributed by atoms with Gasteiger partial charge in [0.25, 0.3) is 0 Å². The first-order valence-electron chi connectivity index (χ1n) is 5.31. The van der Waals surface area contributed by atoms with E-state index in [4.69, 9.17) is 4.74 Å². The highest BCUT2D eigenvalue weighted by Crippen LogP contribution is 2.25. The molecule has 4 nitrogen and oxygen atoms in total. The van der Waals surface area contributed by atoms with Crippen molar-refractivity contribution in [3.63, 3.8) is 0 Å². The number of ketones is 1. The summed E-state index contributed by atoms with van der Waals surface area (Å²) in [6, 6.07) is 0. The molecule has 0 saturated heterocycles. The summed E-state index contributed by atoms with van der Waals surface area (Å²) in [7, 11) is 1.56. The van der Waals surface area contributed by atoms with Crippen LogP contribution in [0.3, 0.4) is 0 Å².